The Morgan fingerprint density at radius 3 is 2.59 bits per heavy atom. The van der Waals surface area contributed by atoms with Gasteiger partial charge in [-0.25, -0.2) is 4.98 Å². The topological polar surface area (TPSA) is 71.9 Å². The predicted octanol–water partition coefficient (Wildman–Crippen LogP) is 3.31. The van der Waals surface area contributed by atoms with E-state index in [0.717, 1.165) is 12.8 Å². The molecule has 6 heteroatoms. The predicted molar refractivity (Wildman–Crippen MR) is 109 cm³/mol. The van der Waals surface area contributed by atoms with Crippen molar-refractivity contribution in [2.24, 2.45) is 0 Å². The normalized spacial score (nSPS) is 25.5. The molecule has 1 aromatic heterocycles. The quantitative estimate of drug-likeness (QED) is 0.761. The fourth-order valence-corrected chi connectivity index (χ4v) is 4.68. The van der Waals surface area contributed by atoms with E-state index in [0.29, 0.717) is 42.2 Å². The maximum absolute atomic E-state index is 13.2. The third-order valence-corrected chi connectivity index (χ3v) is 5.94. The minimum Gasteiger partial charge on any atom is -0.490 e. The van der Waals surface area contributed by atoms with Crippen LogP contribution in [0, 0.1) is 0 Å². The van der Waals surface area contributed by atoms with Crippen molar-refractivity contribution in [3.8, 4) is 11.6 Å². The first-order chi connectivity index (χ1) is 14.1. The number of pyridine rings is 1. The van der Waals surface area contributed by atoms with Crippen LogP contribution in [0.5, 0.6) is 11.6 Å². The summed E-state index contributed by atoms with van der Waals surface area (Å²) in [6.45, 7) is 4.06. The van der Waals surface area contributed by atoms with E-state index in [2.05, 4.69) is 11.6 Å². The minimum atomic E-state index is -1.04. The fraction of sp³-hybridized carbons (Fsp3) is 0.391. The number of ether oxygens (including phenoxy) is 2. The molecule has 1 amide bonds. The monoisotopic (exact) mass is 394 g/mol. The highest BCUT2D eigenvalue weighted by Gasteiger charge is 2.51. The molecule has 0 spiro atoms. The second-order valence-corrected chi connectivity index (χ2v) is 7.72. The van der Waals surface area contributed by atoms with Crippen LogP contribution in [0.1, 0.15) is 41.6 Å². The lowest BCUT2D eigenvalue weighted by Gasteiger charge is -2.44. The molecule has 2 fully saturated rings. The largest absolute Gasteiger partial charge is 0.490 e. The molecule has 2 unspecified atom stereocenters. The van der Waals surface area contributed by atoms with Crippen molar-refractivity contribution >= 4 is 5.91 Å². The average molecular weight is 394 g/mol. The highest BCUT2D eigenvalue weighted by atomic mass is 16.5. The van der Waals surface area contributed by atoms with Crippen LogP contribution in [0.2, 0.25) is 0 Å². The Kier molecular flexibility index (Phi) is 5.28. The Bertz CT molecular complexity index is 882. The lowest BCUT2D eigenvalue weighted by atomic mass is 9.80. The number of rotatable bonds is 6. The molecule has 152 valence electrons. The van der Waals surface area contributed by atoms with Gasteiger partial charge in [0.1, 0.15) is 12.4 Å². The van der Waals surface area contributed by atoms with Crippen LogP contribution in [-0.4, -0.2) is 46.7 Å². The first-order valence-electron chi connectivity index (χ1n) is 9.94. The van der Waals surface area contributed by atoms with E-state index in [1.54, 1.807) is 43.6 Å². The smallest absolute Gasteiger partial charge is 0.254 e. The second kappa shape index (κ2) is 7.87. The van der Waals surface area contributed by atoms with Gasteiger partial charge in [-0.3, -0.25) is 4.79 Å². The summed E-state index contributed by atoms with van der Waals surface area (Å²) in [6, 6.07) is 10.9. The molecule has 29 heavy (non-hydrogen) atoms. The molecule has 0 saturated carbocycles. The van der Waals surface area contributed by atoms with Crippen molar-refractivity contribution in [2.45, 2.75) is 43.4 Å². The van der Waals surface area contributed by atoms with Gasteiger partial charge in [0.05, 0.1) is 12.7 Å². The molecule has 2 aliphatic rings. The summed E-state index contributed by atoms with van der Waals surface area (Å²) in [5, 5.41) is 11.4. The first-order valence-corrected chi connectivity index (χ1v) is 9.94. The second-order valence-electron chi connectivity index (χ2n) is 7.72. The number of carbonyl (C=O) groups is 1. The summed E-state index contributed by atoms with van der Waals surface area (Å²) in [5.41, 5.74) is 0.303. The van der Waals surface area contributed by atoms with Crippen LogP contribution in [-0.2, 0) is 5.60 Å². The average Bonchev–Trinajstić information content (AvgIpc) is 3.03. The Balaban J connectivity index is 1.53. The Morgan fingerprint density at radius 2 is 1.97 bits per heavy atom. The molecule has 1 N–H and O–H groups in total. The number of piperidine rings is 1. The zero-order valence-corrected chi connectivity index (χ0v) is 16.6. The summed E-state index contributed by atoms with van der Waals surface area (Å²) in [7, 11) is 1.56. The number of carbonyl (C=O) groups excluding carboxylic acids is 1. The van der Waals surface area contributed by atoms with Gasteiger partial charge < -0.3 is 19.5 Å². The van der Waals surface area contributed by atoms with E-state index in [-0.39, 0.29) is 18.0 Å². The molecule has 4 rings (SSSR count). The van der Waals surface area contributed by atoms with Crippen LogP contribution >= 0.6 is 0 Å². The molecular weight excluding hydrogens is 368 g/mol. The van der Waals surface area contributed by atoms with Crippen LogP contribution < -0.4 is 9.47 Å². The molecule has 2 saturated heterocycles. The molecular formula is C23H26N2O4. The minimum absolute atomic E-state index is 0.00662. The maximum atomic E-state index is 13.2. The number of fused-ring (bicyclic) bond motifs is 2. The SMILES string of the molecule is C=CCOc1ccc(C(=O)N2C3CCC2CC(O)(c2cccnc2OC)C3)cc1. The van der Waals surface area contributed by atoms with Gasteiger partial charge in [-0.1, -0.05) is 12.7 Å². The zero-order valence-electron chi connectivity index (χ0n) is 16.6. The van der Waals surface area contributed by atoms with E-state index in [1.807, 2.05) is 17.0 Å². The third kappa shape index (κ3) is 3.60. The van der Waals surface area contributed by atoms with Crippen LogP contribution in [0.3, 0.4) is 0 Å². The van der Waals surface area contributed by atoms with Gasteiger partial charge >= 0.3 is 0 Å². The number of benzene rings is 1. The van der Waals surface area contributed by atoms with Crippen molar-refractivity contribution in [1.29, 1.82) is 0 Å². The highest BCUT2D eigenvalue weighted by molar-refractivity contribution is 5.95. The number of methoxy groups -OCH3 is 1. The van der Waals surface area contributed by atoms with Gasteiger partial charge in [0.15, 0.2) is 0 Å². The summed E-state index contributed by atoms with van der Waals surface area (Å²) in [4.78, 5) is 19.4. The van der Waals surface area contributed by atoms with Gasteiger partial charge in [-0.05, 0) is 49.2 Å². The van der Waals surface area contributed by atoms with E-state index in [9.17, 15) is 9.90 Å². The van der Waals surface area contributed by atoms with E-state index in [4.69, 9.17) is 9.47 Å². The lowest BCUT2D eigenvalue weighted by molar-refractivity contribution is -0.0494. The molecule has 3 heterocycles. The van der Waals surface area contributed by atoms with Crippen molar-refractivity contribution in [3.05, 3.63) is 66.4 Å². The van der Waals surface area contributed by atoms with Crippen LogP contribution in [0.4, 0.5) is 0 Å². The number of aromatic nitrogens is 1. The first kappa shape index (κ1) is 19.5. The molecule has 2 atom stereocenters. The van der Waals surface area contributed by atoms with Gasteiger partial charge in [-0.2, -0.15) is 0 Å². The van der Waals surface area contributed by atoms with Crippen molar-refractivity contribution in [3.63, 3.8) is 0 Å². The van der Waals surface area contributed by atoms with E-state index >= 15 is 0 Å². The van der Waals surface area contributed by atoms with E-state index < -0.39 is 5.60 Å². The number of amides is 1. The summed E-state index contributed by atoms with van der Waals surface area (Å²) in [6.07, 6.45) is 6.09. The highest BCUT2D eigenvalue weighted by Crippen LogP contribution is 2.47. The van der Waals surface area contributed by atoms with Crippen molar-refractivity contribution in [1.82, 2.24) is 9.88 Å². The van der Waals surface area contributed by atoms with Crippen molar-refractivity contribution < 1.29 is 19.4 Å². The molecule has 2 aromatic rings. The van der Waals surface area contributed by atoms with Gasteiger partial charge in [-0.15, -0.1) is 0 Å². The number of hydrogen-bond donors (Lipinski definition) is 1. The molecule has 0 aliphatic carbocycles. The number of hydrogen-bond acceptors (Lipinski definition) is 5. The molecule has 2 bridgehead atoms. The lowest BCUT2D eigenvalue weighted by Crippen LogP contribution is -2.52. The third-order valence-electron chi connectivity index (χ3n) is 5.94. The zero-order chi connectivity index (χ0) is 20.4. The molecule has 1 aromatic carbocycles. The summed E-state index contributed by atoms with van der Waals surface area (Å²) < 4.78 is 10.9. The van der Waals surface area contributed by atoms with Crippen molar-refractivity contribution in [2.75, 3.05) is 13.7 Å². The van der Waals surface area contributed by atoms with Crippen LogP contribution in [0.25, 0.3) is 0 Å². The van der Waals surface area contributed by atoms with Gasteiger partial charge in [0, 0.05) is 42.2 Å². The summed E-state index contributed by atoms with van der Waals surface area (Å²) >= 11 is 0. The Morgan fingerprint density at radius 1 is 1.28 bits per heavy atom. The maximum Gasteiger partial charge on any atom is 0.254 e. The Hall–Kier alpha value is -2.86. The molecule has 6 nitrogen and oxygen atoms in total. The van der Waals surface area contributed by atoms with E-state index in [1.165, 1.54) is 0 Å². The van der Waals surface area contributed by atoms with Gasteiger partial charge in [0.25, 0.3) is 5.91 Å². The van der Waals surface area contributed by atoms with Crippen LogP contribution in [0.15, 0.2) is 55.3 Å². The summed E-state index contributed by atoms with van der Waals surface area (Å²) in [5.74, 6) is 1.17. The standard InChI is InChI=1S/C23H26N2O4/c1-3-13-29-19-10-6-16(7-11-19)22(26)25-17-8-9-18(25)15-23(27,14-17)20-5-4-12-24-21(20)28-2/h3-7,10-12,17-18,27H,1,8-9,13-15H2,2H3. The Labute approximate surface area is 170 Å². The molecule has 0 radical (unpaired) electrons. The fourth-order valence-electron chi connectivity index (χ4n) is 4.68. The molecule has 2 aliphatic heterocycles. The number of nitrogens with zero attached hydrogens (tertiary/aromatic N) is 2. The number of aliphatic hydroxyl groups is 1. The van der Waals surface area contributed by atoms with Gasteiger partial charge in [0.2, 0.25) is 5.88 Å².